The summed E-state index contributed by atoms with van der Waals surface area (Å²) in [5.74, 6) is 3.11. The average molecular weight is 419 g/mol. The van der Waals surface area contributed by atoms with Crippen molar-refractivity contribution in [2.45, 2.75) is 84.1 Å². The first kappa shape index (κ1) is 20.0. The number of carbonyl (C=O) groups excluding carboxylic acids is 1. The molecule has 1 aromatic rings. The second kappa shape index (κ2) is 6.68. The number of pyridine rings is 1. The largest absolute Gasteiger partial charge is 0.337 e. The molecule has 166 valence electrons. The molecule has 5 aliphatic rings. The lowest BCUT2D eigenvalue weighted by Gasteiger charge is -2.67. The van der Waals surface area contributed by atoms with E-state index in [4.69, 9.17) is 0 Å². The molecule has 0 aromatic carbocycles. The first-order valence-corrected chi connectivity index (χ1v) is 12.8. The number of nitrogens with zero attached hydrogens (tertiary/aromatic N) is 2. The van der Waals surface area contributed by atoms with Gasteiger partial charge in [-0.2, -0.15) is 0 Å². The van der Waals surface area contributed by atoms with Gasteiger partial charge in [0.15, 0.2) is 0 Å². The van der Waals surface area contributed by atoms with Crippen molar-refractivity contribution in [2.24, 2.45) is 34.5 Å². The third kappa shape index (κ3) is 2.64. The molecule has 2 unspecified atom stereocenters. The fourth-order valence-corrected chi connectivity index (χ4v) is 8.80. The second-order valence-corrected chi connectivity index (χ2v) is 12.0. The number of likely N-dealkylation sites (tertiary alicyclic amines) is 1. The fraction of sp³-hybridized carbons (Fsp3) is 0.714. The number of allylic oxidation sites excluding steroid dienone is 2. The van der Waals surface area contributed by atoms with Crippen LogP contribution in [0.4, 0.5) is 0 Å². The van der Waals surface area contributed by atoms with Crippen LogP contribution in [-0.4, -0.2) is 27.9 Å². The Morgan fingerprint density at radius 1 is 1.06 bits per heavy atom. The molecule has 0 spiro atoms. The number of aromatic nitrogens is 1. The maximum absolute atomic E-state index is 13.3. The van der Waals surface area contributed by atoms with Gasteiger partial charge >= 0.3 is 0 Å². The van der Waals surface area contributed by atoms with Crippen molar-refractivity contribution >= 4 is 11.5 Å². The van der Waals surface area contributed by atoms with Crippen molar-refractivity contribution in [2.75, 3.05) is 6.54 Å². The van der Waals surface area contributed by atoms with Crippen LogP contribution in [0.3, 0.4) is 0 Å². The van der Waals surface area contributed by atoms with Gasteiger partial charge in [0.25, 0.3) is 0 Å². The van der Waals surface area contributed by atoms with Crippen molar-refractivity contribution in [3.05, 3.63) is 36.2 Å². The molecule has 4 aliphatic carbocycles. The van der Waals surface area contributed by atoms with Crippen LogP contribution >= 0.6 is 0 Å². The van der Waals surface area contributed by atoms with E-state index in [0.29, 0.717) is 11.8 Å². The van der Waals surface area contributed by atoms with E-state index in [2.05, 4.69) is 55.1 Å². The van der Waals surface area contributed by atoms with E-state index in [-0.39, 0.29) is 16.4 Å². The maximum Gasteiger partial charge on any atom is 0.226 e. The summed E-state index contributed by atoms with van der Waals surface area (Å²) < 4.78 is 0. The van der Waals surface area contributed by atoms with Crippen LogP contribution in [0.25, 0.3) is 5.57 Å². The molecule has 1 aromatic heterocycles. The summed E-state index contributed by atoms with van der Waals surface area (Å²) >= 11 is 0. The number of hydrogen-bond donors (Lipinski definition) is 0. The highest BCUT2D eigenvalue weighted by Crippen LogP contribution is 2.68. The van der Waals surface area contributed by atoms with Gasteiger partial charge in [0, 0.05) is 30.4 Å². The fourth-order valence-electron chi connectivity index (χ4n) is 8.80. The monoisotopic (exact) mass is 418 g/mol. The van der Waals surface area contributed by atoms with Crippen molar-refractivity contribution in [1.29, 1.82) is 0 Å². The van der Waals surface area contributed by atoms with Crippen molar-refractivity contribution in [3.63, 3.8) is 0 Å². The quantitative estimate of drug-likeness (QED) is 0.581. The molecule has 4 fully saturated rings. The van der Waals surface area contributed by atoms with Gasteiger partial charge in [0.1, 0.15) is 0 Å². The zero-order valence-corrected chi connectivity index (χ0v) is 19.6. The van der Waals surface area contributed by atoms with Crippen LogP contribution in [0.15, 0.2) is 30.6 Å². The van der Waals surface area contributed by atoms with Crippen molar-refractivity contribution < 1.29 is 4.79 Å². The Labute approximate surface area is 187 Å². The van der Waals surface area contributed by atoms with E-state index >= 15 is 0 Å². The Morgan fingerprint density at radius 3 is 2.65 bits per heavy atom. The molecule has 1 aliphatic heterocycles. The molecule has 2 heterocycles. The van der Waals surface area contributed by atoms with E-state index in [0.717, 1.165) is 37.1 Å². The van der Waals surface area contributed by atoms with Crippen molar-refractivity contribution in [3.8, 4) is 0 Å². The molecule has 3 nitrogen and oxygen atoms in total. The molecule has 0 bridgehead atoms. The summed E-state index contributed by atoms with van der Waals surface area (Å²) in [5, 5.41) is 0. The SMILES string of the molecule is CC12CC[C@@H]3C(CC[C@]4(C)C(c5cccnc5)=CC[C@@H]34)[C@@]1(C)CCCN2C(=O)C1CC1. The van der Waals surface area contributed by atoms with Crippen LogP contribution in [0.2, 0.25) is 0 Å². The normalized spacial score (nSPS) is 44.2. The zero-order chi connectivity index (χ0) is 21.4. The number of rotatable bonds is 2. The molecule has 0 N–H and O–H groups in total. The number of carbonyl (C=O) groups is 1. The average Bonchev–Trinajstić information content (AvgIpc) is 3.55. The molecule has 6 rings (SSSR count). The van der Waals surface area contributed by atoms with E-state index in [1.807, 2.05) is 6.20 Å². The number of amides is 1. The molecule has 6 atom stereocenters. The highest BCUT2D eigenvalue weighted by Gasteiger charge is 2.64. The van der Waals surface area contributed by atoms with E-state index < -0.39 is 0 Å². The van der Waals surface area contributed by atoms with Gasteiger partial charge in [-0.05, 0) is 110 Å². The topological polar surface area (TPSA) is 33.2 Å². The molecule has 3 heteroatoms. The Hall–Kier alpha value is -1.64. The number of fused-ring (bicyclic) bond motifs is 5. The molecule has 1 amide bonds. The minimum atomic E-state index is 0.0536. The highest BCUT2D eigenvalue weighted by atomic mass is 16.2. The van der Waals surface area contributed by atoms with Crippen LogP contribution in [0.5, 0.6) is 0 Å². The van der Waals surface area contributed by atoms with Gasteiger partial charge in [-0.25, -0.2) is 0 Å². The maximum atomic E-state index is 13.3. The highest BCUT2D eigenvalue weighted by molar-refractivity contribution is 5.82. The number of piperidine rings is 1. The van der Waals surface area contributed by atoms with Gasteiger partial charge < -0.3 is 4.90 Å². The van der Waals surface area contributed by atoms with Crippen LogP contribution in [-0.2, 0) is 4.79 Å². The predicted molar refractivity (Wildman–Crippen MR) is 124 cm³/mol. The zero-order valence-electron chi connectivity index (χ0n) is 19.6. The lowest BCUT2D eigenvalue weighted by molar-refractivity contribution is -0.180. The molecule has 31 heavy (non-hydrogen) atoms. The molecule has 3 saturated carbocycles. The van der Waals surface area contributed by atoms with Gasteiger partial charge in [-0.1, -0.05) is 26.0 Å². The first-order chi connectivity index (χ1) is 14.9. The third-order valence-corrected chi connectivity index (χ3v) is 10.9. The number of hydrogen-bond acceptors (Lipinski definition) is 2. The summed E-state index contributed by atoms with van der Waals surface area (Å²) in [5.41, 5.74) is 3.48. The van der Waals surface area contributed by atoms with Crippen LogP contribution in [0.1, 0.15) is 84.1 Å². The smallest absolute Gasteiger partial charge is 0.226 e. The minimum Gasteiger partial charge on any atom is -0.337 e. The predicted octanol–water partition coefficient (Wildman–Crippen LogP) is 6.11. The van der Waals surface area contributed by atoms with Gasteiger partial charge in [-0.3, -0.25) is 9.78 Å². The summed E-state index contributed by atoms with van der Waals surface area (Å²) in [4.78, 5) is 20.1. The Balaban J connectivity index is 1.31. The van der Waals surface area contributed by atoms with Gasteiger partial charge in [0.05, 0.1) is 0 Å². The second-order valence-electron chi connectivity index (χ2n) is 12.0. The first-order valence-electron chi connectivity index (χ1n) is 12.8. The molecular weight excluding hydrogens is 380 g/mol. The summed E-state index contributed by atoms with van der Waals surface area (Å²) in [7, 11) is 0. The van der Waals surface area contributed by atoms with E-state index in [1.54, 1.807) is 5.57 Å². The van der Waals surface area contributed by atoms with Gasteiger partial charge in [0.2, 0.25) is 5.91 Å². The minimum absolute atomic E-state index is 0.0536. The molecular formula is C28H38N2O. The molecule has 0 radical (unpaired) electrons. The van der Waals surface area contributed by atoms with E-state index in [9.17, 15) is 4.79 Å². The lowest BCUT2D eigenvalue weighted by Crippen LogP contribution is -2.69. The van der Waals surface area contributed by atoms with E-state index in [1.165, 1.54) is 50.5 Å². The summed E-state index contributed by atoms with van der Waals surface area (Å²) in [6, 6.07) is 4.33. The van der Waals surface area contributed by atoms with Crippen LogP contribution in [0, 0.1) is 34.5 Å². The Kier molecular flexibility index (Phi) is 4.31. The third-order valence-electron chi connectivity index (χ3n) is 10.9. The summed E-state index contributed by atoms with van der Waals surface area (Å²) in [6.07, 6.45) is 17.5. The van der Waals surface area contributed by atoms with Gasteiger partial charge in [-0.15, -0.1) is 0 Å². The Bertz CT molecular complexity index is 920. The Morgan fingerprint density at radius 2 is 1.90 bits per heavy atom. The molecule has 1 saturated heterocycles. The van der Waals surface area contributed by atoms with Crippen LogP contribution < -0.4 is 0 Å². The standard InChI is InChI=1S/C28H38N2O/c1-26-14-12-24-21(23(26)10-9-22(26)20-6-4-16-29-18-20)11-15-28(3)27(24,2)13-5-17-30(28)25(31)19-7-8-19/h4,6,9,16,18-19,21,23-24H,5,7-8,10-15,17H2,1-3H3/t21-,23-,24?,26+,27+,28?/m0/s1. The summed E-state index contributed by atoms with van der Waals surface area (Å²) in [6.45, 7) is 8.57. The van der Waals surface area contributed by atoms with Crippen molar-refractivity contribution in [1.82, 2.24) is 9.88 Å². The lowest BCUT2D eigenvalue weighted by atomic mass is 9.43.